The Morgan fingerprint density at radius 3 is 2.41 bits per heavy atom. The SMILES string of the molecule is CCCCCCC(C)(CN)N1CC(C)CC1C. The van der Waals surface area contributed by atoms with Gasteiger partial charge in [-0.05, 0) is 32.6 Å². The summed E-state index contributed by atoms with van der Waals surface area (Å²) in [6, 6.07) is 0.713. The Balaban J connectivity index is 2.49. The molecule has 1 aliphatic heterocycles. The van der Waals surface area contributed by atoms with Crippen molar-refractivity contribution >= 4 is 0 Å². The van der Waals surface area contributed by atoms with E-state index >= 15 is 0 Å². The summed E-state index contributed by atoms with van der Waals surface area (Å²) in [5, 5.41) is 0. The van der Waals surface area contributed by atoms with Crippen LogP contribution >= 0.6 is 0 Å². The van der Waals surface area contributed by atoms with E-state index in [1.165, 1.54) is 45.1 Å². The lowest BCUT2D eigenvalue weighted by molar-refractivity contribution is 0.0897. The van der Waals surface area contributed by atoms with Crippen molar-refractivity contribution in [1.82, 2.24) is 4.90 Å². The van der Waals surface area contributed by atoms with Crippen molar-refractivity contribution in [2.24, 2.45) is 11.7 Å². The fourth-order valence-electron chi connectivity index (χ4n) is 3.35. The van der Waals surface area contributed by atoms with Crippen LogP contribution in [0.5, 0.6) is 0 Å². The van der Waals surface area contributed by atoms with E-state index in [0.717, 1.165) is 12.5 Å². The molecule has 0 aromatic rings. The molecule has 0 spiro atoms. The highest BCUT2D eigenvalue weighted by Gasteiger charge is 2.38. The first-order valence-electron chi connectivity index (χ1n) is 7.50. The minimum Gasteiger partial charge on any atom is -0.329 e. The Morgan fingerprint density at radius 1 is 1.24 bits per heavy atom. The lowest BCUT2D eigenvalue weighted by Gasteiger charge is -2.41. The summed E-state index contributed by atoms with van der Waals surface area (Å²) >= 11 is 0. The van der Waals surface area contributed by atoms with Crippen LogP contribution in [-0.2, 0) is 0 Å². The van der Waals surface area contributed by atoms with Crippen LogP contribution in [0.3, 0.4) is 0 Å². The standard InChI is InChI=1S/C15H32N2/c1-5-6-7-8-9-15(4,12-16)17-11-13(2)10-14(17)3/h13-14H,5-12,16H2,1-4H3. The van der Waals surface area contributed by atoms with Gasteiger partial charge >= 0.3 is 0 Å². The van der Waals surface area contributed by atoms with Gasteiger partial charge in [-0.3, -0.25) is 4.90 Å². The van der Waals surface area contributed by atoms with Gasteiger partial charge in [0.1, 0.15) is 0 Å². The van der Waals surface area contributed by atoms with Gasteiger partial charge < -0.3 is 5.73 Å². The van der Waals surface area contributed by atoms with Gasteiger partial charge in [-0.2, -0.15) is 0 Å². The van der Waals surface area contributed by atoms with Crippen LogP contribution in [0.4, 0.5) is 0 Å². The summed E-state index contributed by atoms with van der Waals surface area (Å²) < 4.78 is 0. The van der Waals surface area contributed by atoms with Gasteiger partial charge in [0.15, 0.2) is 0 Å². The van der Waals surface area contributed by atoms with E-state index in [4.69, 9.17) is 5.73 Å². The zero-order valence-electron chi connectivity index (χ0n) is 12.3. The molecule has 0 radical (unpaired) electrons. The number of hydrogen-bond acceptors (Lipinski definition) is 2. The molecular formula is C15H32N2. The molecule has 0 bridgehead atoms. The predicted octanol–water partition coefficient (Wildman–Crippen LogP) is 3.40. The summed E-state index contributed by atoms with van der Waals surface area (Å²) in [4.78, 5) is 2.67. The number of rotatable bonds is 7. The molecule has 1 saturated heterocycles. The minimum atomic E-state index is 0.234. The molecule has 2 heteroatoms. The van der Waals surface area contributed by atoms with E-state index < -0.39 is 0 Å². The van der Waals surface area contributed by atoms with E-state index in [2.05, 4.69) is 32.6 Å². The smallest absolute Gasteiger partial charge is 0.0306 e. The second-order valence-electron chi connectivity index (χ2n) is 6.35. The van der Waals surface area contributed by atoms with Crippen molar-refractivity contribution in [3.8, 4) is 0 Å². The summed E-state index contributed by atoms with van der Waals surface area (Å²) in [5.41, 5.74) is 6.30. The van der Waals surface area contributed by atoms with Crippen molar-refractivity contribution in [2.75, 3.05) is 13.1 Å². The molecule has 1 aliphatic rings. The summed E-state index contributed by atoms with van der Waals surface area (Å²) in [7, 11) is 0. The molecule has 3 atom stereocenters. The number of unbranched alkanes of at least 4 members (excludes halogenated alkanes) is 3. The number of hydrogen-bond donors (Lipinski definition) is 1. The van der Waals surface area contributed by atoms with Gasteiger partial charge in [-0.25, -0.2) is 0 Å². The molecule has 1 rings (SSSR count). The van der Waals surface area contributed by atoms with Crippen LogP contribution in [0.15, 0.2) is 0 Å². The second-order valence-corrected chi connectivity index (χ2v) is 6.35. The molecule has 17 heavy (non-hydrogen) atoms. The Morgan fingerprint density at radius 2 is 1.94 bits per heavy atom. The largest absolute Gasteiger partial charge is 0.329 e. The topological polar surface area (TPSA) is 29.3 Å². The van der Waals surface area contributed by atoms with Gasteiger partial charge in [0, 0.05) is 24.7 Å². The number of nitrogens with zero attached hydrogens (tertiary/aromatic N) is 1. The van der Waals surface area contributed by atoms with E-state index in [1.807, 2.05) is 0 Å². The third kappa shape index (κ3) is 3.96. The molecule has 0 aromatic carbocycles. The average Bonchev–Trinajstić information content (AvgIpc) is 2.64. The lowest BCUT2D eigenvalue weighted by atomic mass is 9.91. The van der Waals surface area contributed by atoms with E-state index in [0.29, 0.717) is 6.04 Å². The molecule has 3 unspecified atom stereocenters. The van der Waals surface area contributed by atoms with E-state index in [1.54, 1.807) is 0 Å². The van der Waals surface area contributed by atoms with Crippen LogP contribution in [0.1, 0.15) is 66.2 Å². The molecule has 2 N–H and O–H groups in total. The van der Waals surface area contributed by atoms with Crippen molar-refractivity contribution in [1.29, 1.82) is 0 Å². The third-order valence-electron chi connectivity index (χ3n) is 4.49. The highest BCUT2D eigenvalue weighted by atomic mass is 15.2. The maximum atomic E-state index is 6.07. The lowest BCUT2D eigenvalue weighted by Crippen LogP contribution is -2.53. The normalized spacial score (nSPS) is 29.5. The Labute approximate surface area is 108 Å². The highest BCUT2D eigenvalue weighted by molar-refractivity contribution is 4.94. The van der Waals surface area contributed by atoms with Crippen LogP contribution in [-0.4, -0.2) is 29.6 Å². The molecule has 0 aliphatic carbocycles. The van der Waals surface area contributed by atoms with Gasteiger partial charge in [0.05, 0.1) is 0 Å². The van der Waals surface area contributed by atoms with Crippen LogP contribution in [0.25, 0.3) is 0 Å². The zero-order chi connectivity index (χ0) is 12.9. The van der Waals surface area contributed by atoms with Gasteiger partial charge in [0.2, 0.25) is 0 Å². The van der Waals surface area contributed by atoms with Crippen LogP contribution in [0.2, 0.25) is 0 Å². The molecule has 102 valence electrons. The summed E-state index contributed by atoms with van der Waals surface area (Å²) in [5.74, 6) is 0.839. The van der Waals surface area contributed by atoms with Gasteiger partial charge in [-0.1, -0.05) is 39.5 Å². The van der Waals surface area contributed by atoms with E-state index in [9.17, 15) is 0 Å². The fraction of sp³-hybridized carbons (Fsp3) is 1.00. The number of likely N-dealkylation sites (tertiary alicyclic amines) is 1. The summed E-state index contributed by atoms with van der Waals surface area (Å²) in [6.07, 6.45) is 7.98. The van der Waals surface area contributed by atoms with Crippen molar-refractivity contribution < 1.29 is 0 Å². The Hall–Kier alpha value is -0.0800. The first-order valence-corrected chi connectivity index (χ1v) is 7.50. The Bertz CT molecular complexity index is 217. The minimum absolute atomic E-state index is 0.234. The maximum absolute atomic E-state index is 6.07. The summed E-state index contributed by atoms with van der Waals surface area (Å²) in [6.45, 7) is 11.4. The Kier molecular flexibility index (Phi) is 5.94. The van der Waals surface area contributed by atoms with Crippen molar-refractivity contribution in [2.45, 2.75) is 77.8 Å². The van der Waals surface area contributed by atoms with Gasteiger partial charge in [-0.15, -0.1) is 0 Å². The van der Waals surface area contributed by atoms with Crippen molar-refractivity contribution in [3.05, 3.63) is 0 Å². The zero-order valence-corrected chi connectivity index (χ0v) is 12.3. The monoisotopic (exact) mass is 240 g/mol. The van der Waals surface area contributed by atoms with Crippen LogP contribution < -0.4 is 5.73 Å². The highest BCUT2D eigenvalue weighted by Crippen LogP contribution is 2.32. The average molecular weight is 240 g/mol. The first-order chi connectivity index (χ1) is 8.03. The molecule has 0 amide bonds. The second kappa shape index (κ2) is 6.75. The van der Waals surface area contributed by atoms with Crippen molar-refractivity contribution in [3.63, 3.8) is 0 Å². The molecule has 1 fully saturated rings. The van der Waals surface area contributed by atoms with Gasteiger partial charge in [0.25, 0.3) is 0 Å². The molecule has 1 heterocycles. The molecular weight excluding hydrogens is 208 g/mol. The molecule has 0 aromatic heterocycles. The van der Waals surface area contributed by atoms with Crippen LogP contribution in [0, 0.1) is 5.92 Å². The maximum Gasteiger partial charge on any atom is 0.0306 e. The predicted molar refractivity (Wildman–Crippen MR) is 76.2 cm³/mol. The number of nitrogens with two attached hydrogens (primary N) is 1. The molecule has 0 saturated carbocycles. The quantitative estimate of drug-likeness (QED) is 0.691. The first kappa shape index (κ1) is 15.0. The van der Waals surface area contributed by atoms with E-state index in [-0.39, 0.29) is 5.54 Å². The molecule has 2 nitrogen and oxygen atoms in total. The third-order valence-corrected chi connectivity index (χ3v) is 4.49. The fourth-order valence-corrected chi connectivity index (χ4v) is 3.35.